The molecule has 37 heavy (non-hydrogen) atoms. The summed E-state index contributed by atoms with van der Waals surface area (Å²) in [5.41, 5.74) is 3.36. The highest BCUT2D eigenvalue weighted by molar-refractivity contribution is 7.80. The number of rotatable bonds is 4. The molecule has 0 saturated carbocycles. The molecular formula is C30H20ClN3O2S. The molecule has 0 unspecified atom stereocenters. The van der Waals surface area contributed by atoms with E-state index < -0.39 is 11.8 Å². The molecule has 0 bridgehead atoms. The van der Waals surface area contributed by atoms with Crippen molar-refractivity contribution in [3.8, 4) is 0 Å². The highest BCUT2D eigenvalue weighted by Gasteiger charge is 2.35. The van der Waals surface area contributed by atoms with Crippen LogP contribution in [0.4, 0.5) is 5.69 Å². The number of carbonyl (C=O) groups excluding carboxylic acids is 2. The van der Waals surface area contributed by atoms with Crippen LogP contribution in [0.15, 0.2) is 103 Å². The van der Waals surface area contributed by atoms with Crippen LogP contribution in [0.1, 0.15) is 11.1 Å². The molecule has 2 heterocycles. The third-order valence-corrected chi connectivity index (χ3v) is 7.14. The van der Waals surface area contributed by atoms with Crippen molar-refractivity contribution in [2.45, 2.75) is 6.54 Å². The van der Waals surface area contributed by atoms with Gasteiger partial charge in [-0.2, -0.15) is 0 Å². The number of nitrogens with one attached hydrogen (secondary N) is 1. The van der Waals surface area contributed by atoms with Crippen LogP contribution in [0.3, 0.4) is 0 Å². The van der Waals surface area contributed by atoms with Crippen molar-refractivity contribution in [2.24, 2.45) is 0 Å². The fraction of sp³-hybridized carbons (Fsp3) is 0.0333. The normalized spacial score (nSPS) is 15.1. The average Bonchev–Trinajstić information content (AvgIpc) is 3.25. The van der Waals surface area contributed by atoms with Gasteiger partial charge in [-0.3, -0.25) is 19.8 Å². The van der Waals surface area contributed by atoms with E-state index in [-0.39, 0.29) is 10.7 Å². The van der Waals surface area contributed by atoms with E-state index >= 15 is 0 Å². The predicted molar refractivity (Wildman–Crippen MR) is 153 cm³/mol. The van der Waals surface area contributed by atoms with E-state index in [0.29, 0.717) is 17.3 Å². The topological polar surface area (TPSA) is 54.3 Å². The number of nitrogens with zero attached hydrogens (tertiary/aromatic N) is 2. The number of halogens is 1. The van der Waals surface area contributed by atoms with Crippen LogP contribution in [0.25, 0.3) is 27.8 Å². The molecule has 7 heteroatoms. The van der Waals surface area contributed by atoms with Gasteiger partial charge in [0.25, 0.3) is 11.8 Å². The quantitative estimate of drug-likeness (QED) is 0.171. The summed E-state index contributed by atoms with van der Waals surface area (Å²) in [6.45, 7) is 0.640. The number of fused-ring (bicyclic) bond motifs is 2. The lowest BCUT2D eigenvalue weighted by Crippen LogP contribution is -2.54. The van der Waals surface area contributed by atoms with Crippen molar-refractivity contribution in [1.82, 2.24) is 9.88 Å². The van der Waals surface area contributed by atoms with Crippen LogP contribution in [-0.2, 0) is 16.1 Å². The van der Waals surface area contributed by atoms with Gasteiger partial charge in [-0.15, -0.1) is 0 Å². The minimum Gasteiger partial charge on any atom is -0.342 e. The summed E-state index contributed by atoms with van der Waals surface area (Å²) >= 11 is 11.7. The highest BCUT2D eigenvalue weighted by Crippen LogP contribution is 2.31. The van der Waals surface area contributed by atoms with Gasteiger partial charge < -0.3 is 4.57 Å². The second-order valence-electron chi connectivity index (χ2n) is 8.78. The number of anilines is 1. The monoisotopic (exact) mass is 521 g/mol. The van der Waals surface area contributed by atoms with Gasteiger partial charge in [0.05, 0.1) is 10.7 Å². The van der Waals surface area contributed by atoms with E-state index in [1.807, 2.05) is 42.6 Å². The maximum absolute atomic E-state index is 13.5. The molecule has 180 valence electrons. The summed E-state index contributed by atoms with van der Waals surface area (Å²) in [5.74, 6) is -1.06. The maximum Gasteiger partial charge on any atom is 0.270 e. The van der Waals surface area contributed by atoms with Crippen LogP contribution >= 0.6 is 23.8 Å². The number of hydrogen-bond acceptors (Lipinski definition) is 3. The van der Waals surface area contributed by atoms with Crippen LogP contribution < -0.4 is 10.2 Å². The summed E-state index contributed by atoms with van der Waals surface area (Å²) < 4.78 is 2.14. The molecule has 1 N–H and O–H groups in total. The lowest BCUT2D eigenvalue weighted by atomic mass is 10.0. The van der Waals surface area contributed by atoms with Crippen LogP contribution in [0.2, 0.25) is 5.02 Å². The Balaban J connectivity index is 1.44. The highest BCUT2D eigenvalue weighted by atomic mass is 35.5. The molecule has 4 aromatic carbocycles. The van der Waals surface area contributed by atoms with E-state index in [0.717, 1.165) is 16.5 Å². The largest absolute Gasteiger partial charge is 0.342 e. The summed E-state index contributed by atoms with van der Waals surface area (Å²) in [7, 11) is 0. The molecular weight excluding hydrogens is 502 g/mol. The Bertz CT molecular complexity index is 1770. The number of carbonyl (C=O) groups is 2. The van der Waals surface area contributed by atoms with Crippen LogP contribution in [-0.4, -0.2) is 21.5 Å². The molecule has 1 aliphatic rings. The maximum atomic E-state index is 13.5. The first-order chi connectivity index (χ1) is 18.0. The average molecular weight is 522 g/mol. The molecule has 0 aliphatic carbocycles. The Labute approximate surface area is 223 Å². The molecule has 5 aromatic rings. The van der Waals surface area contributed by atoms with Crippen molar-refractivity contribution in [3.05, 3.63) is 119 Å². The molecule has 1 fully saturated rings. The Kier molecular flexibility index (Phi) is 5.83. The van der Waals surface area contributed by atoms with Gasteiger partial charge in [-0.1, -0.05) is 84.4 Å². The molecule has 1 aliphatic heterocycles. The van der Waals surface area contributed by atoms with Gasteiger partial charge in [-0.05, 0) is 52.8 Å². The lowest BCUT2D eigenvalue weighted by Gasteiger charge is -2.29. The minimum absolute atomic E-state index is 0.00126. The zero-order valence-electron chi connectivity index (χ0n) is 19.5. The van der Waals surface area contributed by atoms with E-state index in [1.54, 1.807) is 30.3 Å². The number of hydrogen-bond donors (Lipinski definition) is 1. The Hall–Kier alpha value is -4.26. The SMILES string of the molecule is O=C1NC(=S)N(c2ccccc2Cl)C(=O)/C1=C/c1cn(Cc2cccc3ccccc23)c2ccccc12. The van der Waals surface area contributed by atoms with Gasteiger partial charge in [-0.25, -0.2) is 0 Å². The Morgan fingerprint density at radius 2 is 1.54 bits per heavy atom. The van der Waals surface area contributed by atoms with E-state index in [4.69, 9.17) is 23.8 Å². The summed E-state index contributed by atoms with van der Waals surface area (Å²) in [6, 6.07) is 29.4. The molecule has 0 atom stereocenters. The van der Waals surface area contributed by atoms with Crippen molar-refractivity contribution < 1.29 is 9.59 Å². The Morgan fingerprint density at radius 1 is 0.838 bits per heavy atom. The van der Waals surface area contributed by atoms with Gasteiger partial charge >= 0.3 is 0 Å². The van der Waals surface area contributed by atoms with Gasteiger partial charge in [0.2, 0.25) is 0 Å². The van der Waals surface area contributed by atoms with Crippen LogP contribution in [0.5, 0.6) is 0 Å². The van der Waals surface area contributed by atoms with Crippen molar-refractivity contribution in [3.63, 3.8) is 0 Å². The van der Waals surface area contributed by atoms with Gasteiger partial charge in [0.1, 0.15) is 5.57 Å². The number of amides is 2. The molecule has 0 spiro atoms. The van der Waals surface area contributed by atoms with Crippen molar-refractivity contribution >= 4 is 74.2 Å². The first-order valence-electron chi connectivity index (χ1n) is 11.7. The lowest BCUT2D eigenvalue weighted by molar-refractivity contribution is -0.122. The standard InChI is InChI=1S/C30H20ClN3O2S/c31-25-13-4-6-15-27(25)34-29(36)24(28(35)32-30(34)37)16-21-18-33(26-14-5-3-12-23(21)26)17-20-10-7-9-19-8-1-2-11-22(19)20/h1-16,18H,17H2,(H,32,35,37)/b24-16+. The molecule has 6 rings (SSSR count). The summed E-state index contributed by atoms with van der Waals surface area (Å²) in [5, 5.41) is 6.30. The zero-order chi connectivity index (χ0) is 25.5. The molecule has 5 nitrogen and oxygen atoms in total. The minimum atomic E-state index is -0.538. The van der Waals surface area contributed by atoms with E-state index in [1.165, 1.54) is 21.2 Å². The fourth-order valence-electron chi connectivity index (χ4n) is 4.80. The summed E-state index contributed by atoms with van der Waals surface area (Å²) in [6.07, 6.45) is 3.61. The Morgan fingerprint density at radius 3 is 2.38 bits per heavy atom. The van der Waals surface area contributed by atoms with Gasteiger partial charge in [0.15, 0.2) is 5.11 Å². The predicted octanol–water partition coefficient (Wildman–Crippen LogP) is 6.33. The number of thiocarbonyl (C=S) groups is 1. The first kappa shape index (κ1) is 23.2. The van der Waals surface area contributed by atoms with Crippen molar-refractivity contribution in [2.75, 3.05) is 4.90 Å². The first-order valence-corrected chi connectivity index (χ1v) is 12.5. The van der Waals surface area contributed by atoms with Crippen LogP contribution in [0, 0.1) is 0 Å². The molecule has 0 radical (unpaired) electrons. The number of aromatic nitrogens is 1. The molecule has 1 aromatic heterocycles. The number of benzene rings is 4. The van der Waals surface area contributed by atoms with Crippen molar-refractivity contribution in [1.29, 1.82) is 0 Å². The number of para-hydroxylation sites is 2. The molecule has 1 saturated heterocycles. The second-order valence-corrected chi connectivity index (χ2v) is 9.57. The third kappa shape index (κ3) is 4.10. The van der Waals surface area contributed by atoms with E-state index in [2.05, 4.69) is 40.2 Å². The molecule has 2 amide bonds. The van der Waals surface area contributed by atoms with Gasteiger partial charge in [0, 0.05) is 29.2 Å². The fourth-order valence-corrected chi connectivity index (χ4v) is 5.29. The van der Waals surface area contributed by atoms with E-state index in [9.17, 15) is 9.59 Å². The smallest absolute Gasteiger partial charge is 0.270 e. The third-order valence-electron chi connectivity index (χ3n) is 6.53. The zero-order valence-corrected chi connectivity index (χ0v) is 21.1. The summed E-state index contributed by atoms with van der Waals surface area (Å²) in [4.78, 5) is 27.7. The second kappa shape index (κ2) is 9.32.